The number of hydrogen-bond acceptors (Lipinski definition) is 5. The van der Waals surface area contributed by atoms with Gasteiger partial charge in [-0.15, -0.1) is 11.3 Å². The third kappa shape index (κ3) is 4.42. The zero-order valence-corrected chi connectivity index (χ0v) is 14.6. The number of thiazole rings is 1. The van der Waals surface area contributed by atoms with Gasteiger partial charge in [0.1, 0.15) is 0 Å². The highest BCUT2D eigenvalue weighted by atomic mass is 32.1. The molecule has 1 aromatic carbocycles. The Kier molecular flexibility index (Phi) is 5.08. The standard InChI is InChI=1S/C17H18N4O3S/c1-11(22)18-12-4-6-13(7-5-12)19-15(23)9-14-10-25-17(20-14)21-8-2-3-16(21)24/h4-7,10H,2-3,8-9H2,1H3,(H,18,22)(H,19,23). The van der Waals surface area contributed by atoms with Crippen molar-refractivity contribution in [3.8, 4) is 0 Å². The molecule has 130 valence electrons. The van der Waals surface area contributed by atoms with Crippen molar-refractivity contribution in [2.24, 2.45) is 0 Å². The number of aromatic nitrogens is 1. The van der Waals surface area contributed by atoms with E-state index in [-0.39, 0.29) is 24.1 Å². The van der Waals surface area contributed by atoms with Crippen LogP contribution in [-0.2, 0) is 20.8 Å². The Labute approximate surface area is 149 Å². The molecule has 0 atom stereocenters. The number of nitrogens with one attached hydrogen (secondary N) is 2. The lowest BCUT2D eigenvalue weighted by atomic mass is 10.2. The van der Waals surface area contributed by atoms with E-state index in [4.69, 9.17) is 0 Å². The van der Waals surface area contributed by atoms with Gasteiger partial charge in [0.2, 0.25) is 17.7 Å². The lowest BCUT2D eigenvalue weighted by molar-refractivity contribution is -0.117. The second-order valence-corrected chi connectivity index (χ2v) is 6.59. The summed E-state index contributed by atoms with van der Waals surface area (Å²) < 4.78 is 0. The van der Waals surface area contributed by atoms with E-state index in [1.54, 1.807) is 34.5 Å². The Bertz CT molecular complexity index is 800. The van der Waals surface area contributed by atoms with Gasteiger partial charge in [0.25, 0.3) is 0 Å². The summed E-state index contributed by atoms with van der Waals surface area (Å²) in [5.41, 5.74) is 1.96. The van der Waals surface area contributed by atoms with Gasteiger partial charge in [0.05, 0.1) is 12.1 Å². The number of benzene rings is 1. The van der Waals surface area contributed by atoms with Gasteiger partial charge in [-0.25, -0.2) is 4.98 Å². The van der Waals surface area contributed by atoms with Crippen molar-refractivity contribution in [2.75, 3.05) is 22.1 Å². The highest BCUT2D eigenvalue weighted by Crippen LogP contribution is 2.25. The van der Waals surface area contributed by atoms with Crippen molar-refractivity contribution in [1.82, 2.24) is 4.98 Å². The molecule has 1 saturated heterocycles. The van der Waals surface area contributed by atoms with Crippen LogP contribution in [-0.4, -0.2) is 29.3 Å². The maximum atomic E-state index is 12.1. The average Bonchev–Trinajstić information content (AvgIpc) is 3.17. The highest BCUT2D eigenvalue weighted by Gasteiger charge is 2.24. The molecule has 25 heavy (non-hydrogen) atoms. The third-order valence-corrected chi connectivity index (χ3v) is 4.59. The van der Waals surface area contributed by atoms with E-state index in [0.29, 0.717) is 35.2 Å². The lowest BCUT2D eigenvalue weighted by Crippen LogP contribution is -2.23. The van der Waals surface area contributed by atoms with E-state index >= 15 is 0 Å². The first-order chi connectivity index (χ1) is 12.0. The molecule has 0 unspecified atom stereocenters. The van der Waals surface area contributed by atoms with Crippen LogP contribution < -0.4 is 15.5 Å². The summed E-state index contributed by atoms with van der Waals surface area (Å²) in [5.74, 6) is -0.242. The Hall–Kier alpha value is -2.74. The zero-order chi connectivity index (χ0) is 17.8. The first-order valence-electron chi connectivity index (χ1n) is 7.93. The van der Waals surface area contributed by atoms with Crippen LogP contribution in [0.3, 0.4) is 0 Å². The average molecular weight is 358 g/mol. The second-order valence-electron chi connectivity index (χ2n) is 5.75. The predicted octanol–water partition coefficient (Wildman–Crippen LogP) is 2.41. The molecule has 0 radical (unpaired) electrons. The fraction of sp³-hybridized carbons (Fsp3) is 0.294. The molecule has 2 N–H and O–H groups in total. The largest absolute Gasteiger partial charge is 0.326 e. The third-order valence-electron chi connectivity index (χ3n) is 3.67. The molecule has 1 aliphatic rings. The molecule has 1 fully saturated rings. The molecule has 2 aromatic rings. The SMILES string of the molecule is CC(=O)Nc1ccc(NC(=O)Cc2csc(N3CCCC3=O)n2)cc1. The number of rotatable bonds is 5. The number of anilines is 3. The van der Waals surface area contributed by atoms with Crippen molar-refractivity contribution in [2.45, 2.75) is 26.2 Å². The highest BCUT2D eigenvalue weighted by molar-refractivity contribution is 7.14. The molecule has 2 heterocycles. The molecule has 3 rings (SSSR count). The molecule has 1 aromatic heterocycles. The summed E-state index contributed by atoms with van der Waals surface area (Å²) in [5, 5.41) is 7.92. The molecule has 8 heteroatoms. The zero-order valence-electron chi connectivity index (χ0n) is 13.7. The number of amides is 3. The Morgan fingerprint density at radius 3 is 2.48 bits per heavy atom. The van der Waals surface area contributed by atoms with Crippen molar-refractivity contribution < 1.29 is 14.4 Å². The van der Waals surface area contributed by atoms with E-state index in [2.05, 4.69) is 15.6 Å². The molecule has 0 bridgehead atoms. The van der Waals surface area contributed by atoms with E-state index in [1.807, 2.05) is 0 Å². The summed E-state index contributed by atoms with van der Waals surface area (Å²) in [6.07, 6.45) is 1.55. The van der Waals surface area contributed by atoms with Gasteiger partial charge in [-0.3, -0.25) is 19.3 Å². The normalized spacial score (nSPS) is 13.8. The van der Waals surface area contributed by atoms with Gasteiger partial charge in [-0.2, -0.15) is 0 Å². The Morgan fingerprint density at radius 1 is 1.20 bits per heavy atom. The Morgan fingerprint density at radius 2 is 1.88 bits per heavy atom. The second kappa shape index (κ2) is 7.43. The summed E-state index contributed by atoms with van der Waals surface area (Å²) in [6.45, 7) is 2.13. The van der Waals surface area contributed by atoms with Crippen LogP contribution in [0.25, 0.3) is 0 Å². The molecular formula is C17H18N4O3S. The quantitative estimate of drug-likeness (QED) is 0.859. The van der Waals surface area contributed by atoms with Crippen molar-refractivity contribution in [3.05, 3.63) is 35.3 Å². The van der Waals surface area contributed by atoms with Crippen molar-refractivity contribution in [3.63, 3.8) is 0 Å². The van der Waals surface area contributed by atoms with Gasteiger partial charge in [0, 0.05) is 36.6 Å². The van der Waals surface area contributed by atoms with Crippen molar-refractivity contribution in [1.29, 1.82) is 0 Å². The van der Waals surface area contributed by atoms with Gasteiger partial charge in [-0.1, -0.05) is 0 Å². The smallest absolute Gasteiger partial charge is 0.230 e. The first kappa shape index (κ1) is 17.1. The Balaban J connectivity index is 1.56. The van der Waals surface area contributed by atoms with Gasteiger partial charge in [-0.05, 0) is 30.7 Å². The number of carbonyl (C=O) groups excluding carboxylic acids is 3. The van der Waals surface area contributed by atoms with Gasteiger partial charge >= 0.3 is 0 Å². The molecule has 0 saturated carbocycles. The van der Waals surface area contributed by atoms with Crippen LogP contribution in [0, 0.1) is 0 Å². The van der Waals surface area contributed by atoms with Crippen molar-refractivity contribution >= 4 is 45.6 Å². The number of hydrogen-bond donors (Lipinski definition) is 2. The molecule has 1 aliphatic heterocycles. The summed E-state index contributed by atoms with van der Waals surface area (Å²) >= 11 is 1.38. The van der Waals surface area contributed by atoms with Gasteiger partial charge in [0.15, 0.2) is 5.13 Å². The summed E-state index contributed by atoms with van der Waals surface area (Å²) in [6, 6.07) is 6.88. The summed E-state index contributed by atoms with van der Waals surface area (Å²) in [7, 11) is 0. The fourth-order valence-corrected chi connectivity index (χ4v) is 3.43. The summed E-state index contributed by atoms with van der Waals surface area (Å²) in [4.78, 5) is 40.9. The van der Waals surface area contributed by atoms with E-state index in [1.165, 1.54) is 18.3 Å². The number of carbonyl (C=O) groups is 3. The van der Waals surface area contributed by atoms with Crippen LogP contribution in [0.5, 0.6) is 0 Å². The van der Waals surface area contributed by atoms with Crippen LogP contribution in [0.15, 0.2) is 29.6 Å². The molecule has 3 amide bonds. The van der Waals surface area contributed by atoms with E-state index < -0.39 is 0 Å². The molecular weight excluding hydrogens is 340 g/mol. The minimum Gasteiger partial charge on any atom is -0.326 e. The van der Waals surface area contributed by atoms with E-state index in [9.17, 15) is 14.4 Å². The van der Waals surface area contributed by atoms with E-state index in [0.717, 1.165) is 6.42 Å². The van der Waals surface area contributed by atoms with Crippen LogP contribution in [0.4, 0.5) is 16.5 Å². The maximum absolute atomic E-state index is 12.1. The molecule has 0 aliphatic carbocycles. The monoisotopic (exact) mass is 358 g/mol. The van der Waals surface area contributed by atoms with Crippen LogP contribution in [0.1, 0.15) is 25.5 Å². The lowest BCUT2D eigenvalue weighted by Gasteiger charge is -2.10. The van der Waals surface area contributed by atoms with Crippen LogP contribution >= 0.6 is 11.3 Å². The minimum absolute atomic E-state index is 0.0876. The minimum atomic E-state index is -0.183. The first-order valence-corrected chi connectivity index (χ1v) is 8.81. The maximum Gasteiger partial charge on any atom is 0.230 e. The van der Waals surface area contributed by atoms with Gasteiger partial charge < -0.3 is 10.6 Å². The fourth-order valence-electron chi connectivity index (χ4n) is 2.56. The molecule has 0 spiro atoms. The molecule has 7 nitrogen and oxygen atoms in total. The predicted molar refractivity (Wildman–Crippen MR) is 96.8 cm³/mol. The topological polar surface area (TPSA) is 91.4 Å². The van der Waals surface area contributed by atoms with Crippen LogP contribution in [0.2, 0.25) is 0 Å². The number of nitrogens with zero attached hydrogens (tertiary/aromatic N) is 2.